The van der Waals surface area contributed by atoms with E-state index >= 15 is 0 Å². The van der Waals surface area contributed by atoms with Crippen LogP contribution < -0.4 is 0 Å². The molecular formula is C17H14O2. The van der Waals surface area contributed by atoms with E-state index in [1.807, 2.05) is 36.4 Å². The van der Waals surface area contributed by atoms with Crippen LogP contribution in [0.2, 0.25) is 0 Å². The van der Waals surface area contributed by atoms with Crippen LogP contribution in [-0.4, -0.2) is 11.6 Å². The summed E-state index contributed by atoms with van der Waals surface area (Å²) in [5.74, 6) is -0.332. The Morgan fingerprint density at radius 2 is 1.42 bits per heavy atom. The quantitative estimate of drug-likeness (QED) is 0.462. The summed E-state index contributed by atoms with van der Waals surface area (Å²) in [4.78, 5) is 23.5. The fourth-order valence-electron chi connectivity index (χ4n) is 1.70. The van der Waals surface area contributed by atoms with E-state index < -0.39 is 0 Å². The lowest BCUT2D eigenvalue weighted by atomic mass is 10.1. The van der Waals surface area contributed by atoms with E-state index in [9.17, 15) is 9.59 Å². The van der Waals surface area contributed by atoms with Crippen LogP contribution in [0.25, 0.3) is 6.08 Å². The minimum absolute atomic E-state index is 0.0899. The van der Waals surface area contributed by atoms with Crippen LogP contribution in [-0.2, 0) is 4.79 Å². The number of hydrogen-bond donors (Lipinski definition) is 0. The van der Waals surface area contributed by atoms with E-state index in [0.29, 0.717) is 5.56 Å². The van der Waals surface area contributed by atoms with Crippen molar-refractivity contribution in [2.24, 2.45) is 0 Å². The Bertz CT molecular complexity index is 583. The number of hydrogen-bond acceptors (Lipinski definition) is 2. The predicted octanol–water partition coefficient (Wildman–Crippen LogP) is 3.54. The molecule has 0 heterocycles. The second-order valence-corrected chi connectivity index (χ2v) is 4.18. The highest BCUT2D eigenvalue weighted by Crippen LogP contribution is 2.05. The van der Waals surface area contributed by atoms with Crippen molar-refractivity contribution in [3.8, 4) is 0 Å². The van der Waals surface area contributed by atoms with Gasteiger partial charge < -0.3 is 0 Å². The topological polar surface area (TPSA) is 34.1 Å². The fourth-order valence-corrected chi connectivity index (χ4v) is 1.70. The van der Waals surface area contributed by atoms with Gasteiger partial charge in [-0.05, 0) is 11.6 Å². The van der Waals surface area contributed by atoms with Gasteiger partial charge in [0, 0.05) is 5.56 Å². The first-order valence-corrected chi connectivity index (χ1v) is 6.10. The van der Waals surface area contributed by atoms with Crippen LogP contribution in [0.3, 0.4) is 0 Å². The Hall–Kier alpha value is -2.48. The summed E-state index contributed by atoms with van der Waals surface area (Å²) < 4.78 is 0. The third-order valence-electron chi connectivity index (χ3n) is 2.69. The summed E-state index contributed by atoms with van der Waals surface area (Å²) in [6, 6.07) is 18.4. The first kappa shape index (κ1) is 13.0. The molecule has 2 aromatic rings. The van der Waals surface area contributed by atoms with Crippen molar-refractivity contribution in [1.82, 2.24) is 0 Å². The minimum atomic E-state index is -0.183. The van der Waals surface area contributed by atoms with Crippen LogP contribution in [0.4, 0.5) is 0 Å². The molecular weight excluding hydrogens is 236 g/mol. The third kappa shape index (κ3) is 4.03. The smallest absolute Gasteiger partial charge is 0.170 e. The molecule has 0 aromatic heterocycles. The number of allylic oxidation sites excluding steroid dienone is 1. The standard InChI is InChI=1S/C17H14O2/c18-16(12-11-14-7-3-1-4-8-14)13-17(19)15-9-5-2-6-10-15/h1-12H,13H2/b12-11-. The lowest BCUT2D eigenvalue weighted by Crippen LogP contribution is -2.05. The second kappa shape index (κ2) is 6.45. The number of Topliss-reactive ketones (excluding diaryl/α,β-unsaturated/α-hetero) is 1. The fraction of sp³-hybridized carbons (Fsp3) is 0.0588. The summed E-state index contributed by atoms with van der Waals surface area (Å²) in [5, 5.41) is 0. The van der Waals surface area contributed by atoms with Crippen molar-refractivity contribution in [1.29, 1.82) is 0 Å². The highest BCUT2D eigenvalue weighted by atomic mass is 16.1. The summed E-state index contributed by atoms with van der Waals surface area (Å²) >= 11 is 0. The first-order chi connectivity index (χ1) is 9.25. The lowest BCUT2D eigenvalue weighted by molar-refractivity contribution is -0.113. The van der Waals surface area contributed by atoms with Crippen LogP contribution in [0.1, 0.15) is 22.3 Å². The average molecular weight is 250 g/mol. The Labute approximate surface area is 112 Å². The summed E-state index contributed by atoms with van der Waals surface area (Å²) in [6.07, 6.45) is 3.09. The summed E-state index contributed by atoms with van der Waals surface area (Å²) in [7, 11) is 0. The molecule has 0 saturated carbocycles. The van der Waals surface area contributed by atoms with Crippen molar-refractivity contribution < 1.29 is 9.59 Å². The zero-order valence-electron chi connectivity index (χ0n) is 10.5. The zero-order chi connectivity index (χ0) is 13.5. The largest absolute Gasteiger partial charge is 0.294 e. The number of carbonyl (C=O) groups excluding carboxylic acids is 2. The molecule has 0 aliphatic heterocycles. The van der Waals surface area contributed by atoms with Crippen LogP contribution >= 0.6 is 0 Å². The summed E-state index contributed by atoms with van der Waals surface area (Å²) in [6.45, 7) is 0. The van der Waals surface area contributed by atoms with E-state index in [2.05, 4.69) is 0 Å². The monoisotopic (exact) mass is 250 g/mol. The minimum Gasteiger partial charge on any atom is -0.294 e. The zero-order valence-corrected chi connectivity index (χ0v) is 10.5. The number of carbonyl (C=O) groups is 2. The van der Waals surface area contributed by atoms with Gasteiger partial charge in [-0.2, -0.15) is 0 Å². The Kier molecular flexibility index (Phi) is 4.40. The van der Waals surface area contributed by atoms with Gasteiger partial charge in [0.2, 0.25) is 0 Å². The molecule has 0 spiro atoms. The molecule has 0 fully saturated rings. The van der Waals surface area contributed by atoms with Crippen molar-refractivity contribution in [3.05, 3.63) is 77.9 Å². The number of ketones is 2. The molecule has 0 aliphatic carbocycles. The third-order valence-corrected chi connectivity index (χ3v) is 2.69. The molecule has 0 saturated heterocycles. The van der Waals surface area contributed by atoms with Gasteiger partial charge in [-0.3, -0.25) is 9.59 Å². The molecule has 0 atom stereocenters. The molecule has 0 aliphatic rings. The Balaban J connectivity index is 1.95. The summed E-state index contributed by atoms with van der Waals surface area (Å²) in [5.41, 5.74) is 1.52. The molecule has 0 amide bonds. The predicted molar refractivity (Wildman–Crippen MR) is 75.9 cm³/mol. The van der Waals surface area contributed by atoms with Gasteiger partial charge in [-0.1, -0.05) is 66.7 Å². The van der Waals surface area contributed by atoms with Gasteiger partial charge in [0.05, 0.1) is 6.42 Å². The van der Waals surface area contributed by atoms with Gasteiger partial charge in [-0.15, -0.1) is 0 Å². The molecule has 19 heavy (non-hydrogen) atoms. The van der Waals surface area contributed by atoms with E-state index in [1.54, 1.807) is 30.3 Å². The maximum absolute atomic E-state index is 11.8. The molecule has 2 rings (SSSR count). The molecule has 94 valence electrons. The van der Waals surface area contributed by atoms with E-state index in [4.69, 9.17) is 0 Å². The van der Waals surface area contributed by atoms with Crippen molar-refractivity contribution >= 4 is 17.6 Å². The molecule has 2 nitrogen and oxygen atoms in total. The van der Waals surface area contributed by atoms with Gasteiger partial charge in [0.25, 0.3) is 0 Å². The molecule has 2 heteroatoms. The second-order valence-electron chi connectivity index (χ2n) is 4.18. The molecule has 2 aromatic carbocycles. The van der Waals surface area contributed by atoms with E-state index in [0.717, 1.165) is 5.56 Å². The van der Waals surface area contributed by atoms with Crippen LogP contribution in [0, 0.1) is 0 Å². The highest BCUT2D eigenvalue weighted by molar-refractivity contribution is 6.12. The molecule has 0 unspecified atom stereocenters. The van der Waals surface area contributed by atoms with Gasteiger partial charge in [0.15, 0.2) is 11.6 Å². The van der Waals surface area contributed by atoms with E-state index in [-0.39, 0.29) is 18.0 Å². The van der Waals surface area contributed by atoms with Gasteiger partial charge in [-0.25, -0.2) is 0 Å². The number of benzene rings is 2. The van der Waals surface area contributed by atoms with Crippen molar-refractivity contribution in [3.63, 3.8) is 0 Å². The van der Waals surface area contributed by atoms with Crippen LogP contribution in [0.15, 0.2) is 66.7 Å². The first-order valence-electron chi connectivity index (χ1n) is 6.10. The SMILES string of the molecule is O=C(/C=C\c1ccccc1)CC(=O)c1ccccc1. The highest BCUT2D eigenvalue weighted by Gasteiger charge is 2.08. The van der Waals surface area contributed by atoms with Crippen molar-refractivity contribution in [2.75, 3.05) is 0 Å². The van der Waals surface area contributed by atoms with Crippen LogP contribution in [0.5, 0.6) is 0 Å². The normalized spacial score (nSPS) is 10.5. The number of rotatable bonds is 5. The van der Waals surface area contributed by atoms with Gasteiger partial charge >= 0.3 is 0 Å². The molecule has 0 N–H and O–H groups in total. The lowest BCUT2D eigenvalue weighted by Gasteiger charge is -1.97. The maximum atomic E-state index is 11.8. The molecule has 0 bridgehead atoms. The van der Waals surface area contributed by atoms with Crippen molar-refractivity contribution in [2.45, 2.75) is 6.42 Å². The van der Waals surface area contributed by atoms with Gasteiger partial charge in [0.1, 0.15) is 0 Å². The Morgan fingerprint density at radius 1 is 0.842 bits per heavy atom. The van der Waals surface area contributed by atoms with E-state index in [1.165, 1.54) is 6.08 Å². The Morgan fingerprint density at radius 3 is 2.05 bits per heavy atom. The maximum Gasteiger partial charge on any atom is 0.170 e. The average Bonchev–Trinajstić information content (AvgIpc) is 2.47. The molecule has 0 radical (unpaired) electrons.